The molecule has 0 saturated carbocycles. The summed E-state index contributed by atoms with van der Waals surface area (Å²) in [6, 6.07) is 0. The Labute approximate surface area is 199 Å². The van der Waals surface area contributed by atoms with E-state index >= 15 is 0 Å². The van der Waals surface area contributed by atoms with E-state index in [0.29, 0.717) is 12.0 Å². The molecule has 0 fully saturated rings. The van der Waals surface area contributed by atoms with Gasteiger partial charge >= 0.3 is 17.9 Å². The van der Waals surface area contributed by atoms with Crippen molar-refractivity contribution in [3.8, 4) is 0 Å². The molecular formula is C26H44O7. The molecule has 0 radical (unpaired) electrons. The lowest BCUT2D eigenvalue weighted by molar-refractivity contribution is -0.148. The molecule has 0 bridgehead atoms. The summed E-state index contributed by atoms with van der Waals surface area (Å²) in [6.45, 7) is -0.156. The molecule has 0 aromatic heterocycles. The Balaban J connectivity index is 3.61. The van der Waals surface area contributed by atoms with E-state index in [4.69, 9.17) is 14.9 Å². The maximum absolute atomic E-state index is 11.6. The van der Waals surface area contributed by atoms with Gasteiger partial charge in [0, 0.05) is 19.6 Å². The number of hydrogen-bond acceptors (Lipinski definition) is 5. The first-order valence-electron chi connectivity index (χ1n) is 12.4. The molecule has 0 aliphatic heterocycles. The third kappa shape index (κ3) is 24.3. The van der Waals surface area contributed by atoms with Crippen LogP contribution in [0.4, 0.5) is 0 Å². The maximum Gasteiger partial charge on any atom is 0.333 e. The summed E-state index contributed by atoms with van der Waals surface area (Å²) < 4.78 is 9.42. The van der Waals surface area contributed by atoms with Crippen LogP contribution in [0.5, 0.6) is 0 Å². The minimum atomic E-state index is -0.988. The molecule has 0 aliphatic rings. The second kappa shape index (κ2) is 23.0. The number of aliphatic carboxylic acids is 2. The first-order valence-corrected chi connectivity index (χ1v) is 12.4. The van der Waals surface area contributed by atoms with E-state index in [9.17, 15) is 14.4 Å². The number of carboxylic acid groups (broad SMARTS) is 2. The number of carboxylic acids is 2. The predicted octanol–water partition coefficient (Wildman–Crippen LogP) is 6.42. The van der Waals surface area contributed by atoms with E-state index in [2.05, 4.69) is 4.74 Å². The van der Waals surface area contributed by atoms with Crippen LogP contribution in [0.1, 0.15) is 109 Å². The molecule has 0 amide bonds. The van der Waals surface area contributed by atoms with Crippen LogP contribution in [-0.2, 0) is 23.9 Å². The molecule has 2 N–H and O–H groups in total. The van der Waals surface area contributed by atoms with Gasteiger partial charge in [0.25, 0.3) is 0 Å². The van der Waals surface area contributed by atoms with Gasteiger partial charge in [0.2, 0.25) is 0 Å². The van der Waals surface area contributed by atoms with Crippen molar-refractivity contribution in [3.05, 3.63) is 23.8 Å². The number of carbonyl (C=O) groups excluding carboxylic acids is 1. The van der Waals surface area contributed by atoms with Gasteiger partial charge in [0.1, 0.15) is 0 Å². The van der Waals surface area contributed by atoms with Gasteiger partial charge in [-0.25, -0.2) is 4.79 Å². The number of esters is 1. The molecule has 0 heterocycles. The molecule has 0 aromatic rings. The van der Waals surface area contributed by atoms with Crippen molar-refractivity contribution in [2.24, 2.45) is 0 Å². The van der Waals surface area contributed by atoms with Crippen molar-refractivity contribution in [2.75, 3.05) is 13.9 Å². The van der Waals surface area contributed by atoms with Crippen LogP contribution < -0.4 is 0 Å². The third-order valence-electron chi connectivity index (χ3n) is 5.32. The summed E-state index contributed by atoms with van der Waals surface area (Å²) in [5.41, 5.74) is 0.418. The molecule has 190 valence electrons. The minimum Gasteiger partial charge on any atom is -0.481 e. The number of ether oxygens (including phenoxy) is 2. The van der Waals surface area contributed by atoms with Crippen LogP contribution in [0, 0.1) is 0 Å². The molecule has 7 heteroatoms. The Morgan fingerprint density at radius 1 is 0.697 bits per heavy atom. The van der Waals surface area contributed by atoms with Crippen molar-refractivity contribution in [1.82, 2.24) is 0 Å². The summed E-state index contributed by atoms with van der Waals surface area (Å²) >= 11 is 0. The quantitative estimate of drug-likeness (QED) is 0.0585. The zero-order valence-corrected chi connectivity index (χ0v) is 20.4. The van der Waals surface area contributed by atoms with Crippen LogP contribution in [0.25, 0.3) is 0 Å². The largest absolute Gasteiger partial charge is 0.481 e. The zero-order chi connectivity index (χ0) is 24.6. The first-order chi connectivity index (χ1) is 16.0. The monoisotopic (exact) mass is 468 g/mol. The van der Waals surface area contributed by atoms with Crippen LogP contribution in [0.15, 0.2) is 23.8 Å². The van der Waals surface area contributed by atoms with E-state index < -0.39 is 17.9 Å². The van der Waals surface area contributed by atoms with Crippen molar-refractivity contribution < 1.29 is 34.1 Å². The van der Waals surface area contributed by atoms with Crippen LogP contribution >= 0.6 is 0 Å². The lowest BCUT2D eigenvalue weighted by Gasteiger charge is -2.03. The van der Waals surface area contributed by atoms with E-state index in [0.717, 1.165) is 38.5 Å². The van der Waals surface area contributed by atoms with E-state index in [1.54, 1.807) is 6.08 Å². The second-order valence-electron chi connectivity index (χ2n) is 8.44. The molecule has 0 unspecified atom stereocenters. The molecule has 0 aliphatic carbocycles. The fourth-order valence-corrected chi connectivity index (χ4v) is 3.54. The lowest BCUT2D eigenvalue weighted by atomic mass is 10.0. The van der Waals surface area contributed by atoms with Gasteiger partial charge in [0.05, 0.1) is 6.42 Å². The van der Waals surface area contributed by atoms with E-state index in [1.165, 1.54) is 71.0 Å². The third-order valence-corrected chi connectivity index (χ3v) is 5.32. The average molecular weight is 469 g/mol. The zero-order valence-electron chi connectivity index (χ0n) is 20.4. The van der Waals surface area contributed by atoms with Gasteiger partial charge in [0.15, 0.2) is 6.79 Å². The van der Waals surface area contributed by atoms with Crippen LogP contribution in [0.2, 0.25) is 0 Å². The molecule has 0 atom stereocenters. The summed E-state index contributed by atoms with van der Waals surface area (Å²) in [6.07, 6.45) is 22.4. The maximum atomic E-state index is 11.6. The highest BCUT2D eigenvalue weighted by atomic mass is 16.7. The minimum absolute atomic E-state index is 0.156. The van der Waals surface area contributed by atoms with Crippen molar-refractivity contribution >= 4 is 17.9 Å². The van der Waals surface area contributed by atoms with Gasteiger partial charge in [-0.2, -0.15) is 0 Å². The molecule has 0 rings (SSSR count). The Hall–Kier alpha value is -2.15. The number of methoxy groups -OCH3 is 1. The Bertz CT molecular complexity index is 581. The summed E-state index contributed by atoms with van der Waals surface area (Å²) in [7, 11) is 1.41. The van der Waals surface area contributed by atoms with Gasteiger partial charge < -0.3 is 19.7 Å². The Kier molecular flexibility index (Phi) is 21.5. The van der Waals surface area contributed by atoms with Gasteiger partial charge in [-0.05, 0) is 24.8 Å². The number of hydrogen-bond donors (Lipinski definition) is 2. The normalized spacial score (nSPS) is 11.7. The first kappa shape index (κ1) is 30.9. The molecule has 0 spiro atoms. The SMILES string of the molecule is COCOC(=O)/C=C(\C=C\CCCCCCCCCCCCCCCCC(=O)O)CC(=O)O. The number of allylic oxidation sites excluding steroid dienone is 2. The molecule has 7 nitrogen and oxygen atoms in total. The highest BCUT2D eigenvalue weighted by Crippen LogP contribution is 2.14. The molecular weight excluding hydrogens is 424 g/mol. The highest BCUT2D eigenvalue weighted by Gasteiger charge is 2.05. The Morgan fingerprint density at radius 2 is 1.18 bits per heavy atom. The average Bonchev–Trinajstić information content (AvgIpc) is 2.76. The van der Waals surface area contributed by atoms with E-state index in [1.807, 2.05) is 6.08 Å². The fourth-order valence-electron chi connectivity index (χ4n) is 3.54. The molecule has 33 heavy (non-hydrogen) atoms. The molecule has 0 aromatic carbocycles. The number of unbranched alkanes of at least 4 members (excludes halogenated alkanes) is 14. The van der Waals surface area contributed by atoms with Crippen molar-refractivity contribution in [2.45, 2.75) is 109 Å². The highest BCUT2D eigenvalue weighted by molar-refractivity contribution is 5.85. The van der Waals surface area contributed by atoms with E-state index in [-0.39, 0.29) is 13.2 Å². The summed E-state index contributed by atoms with van der Waals surface area (Å²) in [4.78, 5) is 32.9. The Morgan fingerprint density at radius 3 is 1.64 bits per heavy atom. The number of rotatable bonds is 23. The van der Waals surface area contributed by atoms with Gasteiger partial charge in [-0.3, -0.25) is 9.59 Å². The lowest BCUT2D eigenvalue weighted by Crippen LogP contribution is -2.05. The van der Waals surface area contributed by atoms with Crippen LogP contribution in [0.3, 0.4) is 0 Å². The second-order valence-corrected chi connectivity index (χ2v) is 8.44. The van der Waals surface area contributed by atoms with Crippen LogP contribution in [-0.4, -0.2) is 42.0 Å². The fraction of sp³-hybridized carbons (Fsp3) is 0.731. The molecule has 0 saturated heterocycles. The summed E-state index contributed by atoms with van der Waals surface area (Å²) in [5.74, 6) is -2.28. The van der Waals surface area contributed by atoms with Gasteiger partial charge in [-0.15, -0.1) is 0 Å². The standard InChI is InChI=1S/C26H44O7/c1-32-22-33-26(31)21-23(20-25(29)30)18-16-14-12-10-8-6-4-2-3-5-7-9-11-13-15-17-19-24(27)28/h16,18,21H,2-15,17,19-20,22H2,1H3,(H,27,28)(H,29,30)/b18-16+,23-21+. The smallest absolute Gasteiger partial charge is 0.333 e. The van der Waals surface area contributed by atoms with Crippen molar-refractivity contribution in [1.29, 1.82) is 0 Å². The number of carbonyl (C=O) groups is 3. The summed E-state index contributed by atoms with van der Waals surface area (Å²) in [5, 5.41) is 17.6. The predicted molar refractivity (Wildman–Crippen MR) is 129 cm³/mol. The van der Waals surface area contributed by atoms with Gasteiger partial charge in [-0.1, -0.05) is 89.2 Å². The van der Waals surface area contributed by atoms with Crippen molar-refractivity contribution in [3.63, 3.8) is 0 Å². The topological polar surface area (TPSA) is 110 Å².